The van der Waals surface area contributed by atoms with Crippen LogP contribution >= 0.6 is 11.8 Å². The number of rotatable bonds is 8. The van der Waals surface area contributed by atoms with Crippen LogP contribution in [0.2, 0.25) is 0 Å². The first-order chi connectivity index (χ1) is 9.08. The van der Waals surface area contributed by atoms with Crippen LogP contribution in [0.25, 0.3) is 0 Å². The fourth-order valence-electron chi connectivity index (χ4n) is 2.90. The molecule has 112 valence electrons. The molecule has 0 bridgehead atoms. The lowest BCUT2D eigenvalue weighted by atomic mass is 9.76. The van der Waals surface area contributed by atoms with Crippen LogP contribution in [-0.4, -0.2) is 30.0 Å². The maximum Gasteiger partial charge on any atom is 0.240 e. The highest BCUT2D eigenvalue weighted by atomic mass is 32.2. The van der Waals surface area contributed by atoms with Gasteiger partial charge in [-0.1, -0.05) is 32.6 Å². The first kappa shape index (κ1) is 16.8. The van der Waals surface area contributed by atoms with Gasteiger partial charge in [0.2, 0.25) is 5.91 Å². The van der Waals surface area contributed by atoms with Gasteiger partial charge in [0.15, 0.2) is 0 Å². The lowest BCUT2D eigenvalue weighted by Crippen LogP contribution is -2.56. The van der Waals surface area contributed by atoms with E-state index in [4.69, 9.17) is 5.73 Å². The minimum Gasteiger partial charge on any atom is -0.355 e. The number of amides is 1. The Hall–Kier alpha value is -0.220. The summed E-state index contributed by atoms with van der Waals surface area (Å²) in [5, 5.41) is 3.04. The molecular formula is C15H30N2OS. The molecule has 3 nitrogen and oxygen atoms in total. The van der Waals surface area contributed by atoms with Gasteiger partial charge in [-0.15, -0.1) is 0 Å². The number of carbonyl (C=O) groups excluding carboxylic acids is 1. The third-order valence-electron chi connectivity index (χ3n) is 4.05. The van der Waals surface area contributed by atoms with Crippen LogP contribution in [0.5, 0.6) is 0 Å². The Morgan fingerprint density at radius 3 is 2.79 bits per heavy atom. The van der Waals surface area contributed by atoms with Gasteiger partial charge < -0.3 is 11.1 Å². The van der Waals surface area contributed by atoms with Crippen molar-refractivity contribution in [2.45, 2.75) is 63.8 Å². The molecule has 2 atom stereocenters. The molecule has 1 amide bonds. The van der Waals surface area contributed by atoms with Gasteiger partial charge in [0, 0.05) is 6.54 Å². The largest absolute Gasteiger partial charge is 0.355 e. The minimum atomic E-state index is -0.601. The molecular weight excluding hydrogens is 256 g/mol. The summed E-state index contributed by atoms with van der Waals surface area (Å²) < 4.78 is 0. The fraction of sp³-hybridized carbons (Fsp3) is 0.933. The van der Waals surface area contributed by atoms with E-state index >= 15 is 0 Å². The standard InChI is InChI=1S/C15H30N2OS/c1-13-8-7-9-15(16,12-13)14(18)17-10-5-3-4-6-11-19-2/h13H,3-12,16H2,1-2H3,(H,17,18). The topological polar surface area (TPSA) is 55.1 Å². The molecule has 0 aromatic carbocycles. The lowest BCUT2D eigenvalue weighted by Gasteiger charge is -2.35. The Bertz CT molecular complexity index is 273. The monoisotopic (exact) mass is 286 g/mol. The van der Waals surface area contributed by atoms with E-state index < -0.39 is 5.54 Å². The minimum absolute atomic E-state index is 0.0724. The van der Waals surface area contributed by atoms with Gasteiger partial charge in [0.05, 0.1) is 5.54 Å². The van der Waals surface area contributed by atoms with Crippen LogP contribution in [0.3, 0.4) is 0 Å². The zero-order valence-corrected chi connectivity index (χ0v) is 13.4. The van der Waals surface area contributed by atoms with Crippen molar-refractivity contribution in [1.29, 1.82) is 0 Å². The van der Waals surface area contributed by atoms with E-state index in [0.717, 1.165) is 32.2 Å². The second-order valence-electron chi connectivity index (χ2n) is 6.02. The van der Waals surface area contributed by atoms with E-state index in [1.807, 2.05) is 11.8 Å². The summed E-state index contributed by atoms with van der Waals surface area (Å²) >= 11 is 1.90. The maximum absolute atomic E-state index is 12.2. The highest BCUT2D eigenvalue weighted by molar-refractivity contribution is 7.98. The van der Waals surface area contributed by atoms with E-state index in [2.05, 4.69) is 18.5 Å². The molecule has 0 aromatic rings. The van der Waals surface area contributed by atoms with Crippen molar-refractivity contribution in [2.24, 2.45) is 11.7 Å². The number of carbonyl (C=O) groups is 1. The second kappa shape index (κ2) is 8.85. The number of unbranched alkanes of at least 4 members (excludes halogenated alkanes) is 3. The summed E-state index contributed by atoms with van der Waals surface area (Å²) in [7, 11) is 0. The summed E-state index contributed by atoms with van der Waals surface area (Å²) in [6, 6.07) is 0. The molecule has 0 radical (unpaired) electrons. The molecule has 2 unspecified atom stereocenters. The Morgan fingerprint density at radius 2 is 2.11 bits per heavy atom. The highest BCUT2D eigenvalue weighted by Gasteiger charge is 2.37. The summed E-state index contributed by atoms with van der Waals surface area (Å²) in [6.45, 7) is 2.98. The molecule has 0 aromatic heterocycles. The molecule has 1 rings (SSSR count). The molecule has 1 aliphatic rings. The van der Waals surface area contributed by atoms with E-state index in [-0.39, 0.29) is 5.91 Å². The van der Waals surface area contributed by atoms with Crippen LogP contribution in [0.4, 0.5) is 0 Å². The van der Waals surface area contributed by atoms with Gasteiger partial charge >= 0.3 is 0 Å². The molecule has 0 heterocycles. The fourth-order valence-corrected chi connectivity index (χ4v) is 3.39. The average Bonchev–Trinajstić information content (AvgIpc) is 2.37. The number of hydrogen-bond donors (Lipinski definition) is 2. The first-order valence-electron chi connectivity index (χ1n) is 7.64. The van der Waals surface area contributed by atoms with Crippen molar-refractivity contribution in [3.8, 4) is 0 Å². The molecule has 1 saturated carbocycles. The average molecular weight is 286 g/mol. The lowest BCUT2D eigenvalue weighted by molar-refractivity contribution is -0.128. The smallest absolute Gasteiger partial charge is 0.240 e. The van der Waals surface area contributed by atoms with E-state index in [1.54, 1.807) is 0 Å². The normalized spacial score (nSPS) is 27.2. The van der Waals surface area contributed by atoms with E-state index in [1.165, 1.54) is 31.4 Å². The van der Waals surface area contributed by atoms with Crippen molar-refractivity contribution in [1.82, 2.24) is 5.32 Å². The zero-order chi connectivity index (χ0) is 14.1. The highest BCUT2D eigenvalue weighted by Crippen LogP contribution is 2.30. The SMILES string of the molecule is CSCCCCCCNC(=O)C1(N)CCCC(C)C1. The number of hydrogen-bond acceptors (Lipinski definition) is 3. The summed E-state index contributed by atoms with van der Waals surface area (Å²) in [5.74, 6) is 1.90. The molecule has 0 spiro atoms. The predicted molar refractivity (Wildman–Crippen MR) is 84.4 cm³/mol. The number of nitrogens with one attached hydrogen (secondary N) is 1. The van der Waals surface area contributed by atoms with E-state index in [9.17, 15) is 4.79 Å². The number of thioether (sulfide) groups is 1. The Kier molecular flexibility index (Phi) is 7.84. The van der Waals surface area contributed by atoms with Crippen molar-refractivity contribution in [3.05, 3.63) is 0 Å². The maximum atomic E-state index is 12.2. The van der Waals surface area contributed by atoms with Crippen LogP contribution in [-0.2, 0) is 4.79 Å². The molecule has 3 N–H and O–H groups in total. The van der Waals surface area contributed by atoms with Gasteiger partial charge in [-0.3, -0.25) is 4.79 Å². The quantitative estimate of drug-likeness (QED) is 0.675. The van der Waals surface area contributed by atoms with Crippen molar-refractivity contribution in [3.63, 3.8) is 0 Å². The molecule has 1 fully saturated rings. The van der Waals surface area contributed by atoms with Crippen LogP contribution in [0, 0.1) is 5.92 Å². The Labute approximate surface area is 122 Å². The van der Waals surface area contributed by atoms with Crippen molar-refractivity contribution >= 4 is 17.7 Å². The summed E-state index contributed by atoms with van der Waals surface area (Å²) in [4.78, 5) is 12.2. The van der Waals surface area contributed by atoms with E-state index in [0.29, 0.717) is 5.92 Å². The summed E-state index contributed by atoms with van der Waals surface area (Å²) in [5.41, 5.74) is 5.66. The van der Waals surface area contributed by atoms with Crippen molar-refractivity contribution in [2.75, 3.05) is 18.6 Å². The van der Waals surface area contributed by atoms with Gasteiger partial charge in [-0.2, -0.15) is 11.8 Å². The third kappa shape index (κ3) is 6.17. The molecule has 4 heteroatoms. The van der Waals surface area contributed by atoms with Crippen LogP contribution in [0.15, 0.2) is 0 Å². The van der Waals surface area contributed by atoms with Gasteiger partial charge in [-0.05, 0) is 43.6 Å². The van der Waals surface area contributed by atoms with Crippen LogP contribution in [0.1, 0.15) is 58.3 Å². The Morgan fingerprint density at radius 1 is 1.37 bits per heavy atom. The number of nitrogens with two attached hydrogens (primary N) is 1. The van der Waals surface area contributed by atoms with Crippen LogP contribution < -0.4 is 11.1 Å². The molecule has 0 saturated heterocycles. The first-order valence-corrected chi connectivity index (χ1v) is 9.04. The molecule has 0 aliphatic heterocycles. The van der Waals surface area contributed by atoms with Crippen molar-refractivity contribution < 1.29 is 4.79 Å². The Balaban J connectivity index is 2.13. The molecule has 19 heavy (non-hydrogen) atoms. The second-order valence-corrected chi connectivity index (χ2v) is 7.01. The van der Waals surface area contributed by atoms with Gasteiger partial charge in [-0.25, -0.2) is 0 Å². The zero-order valence-electron chi connectivity index (χ0n) is 12.5. The summed E-state index contributed by atoms with van der Waals surface area (Å²) in [6.07, 6.45) is 11.0. The van der Waals surface area contributed by atoms with Gasteiger partial charge in [0.1, 0.15) is 0 Å². The molecule has 1 aliphatic carbocycles. The van der Waals surface area contributed by atoms with Gasteiger partial charge in [0.25, 0.3) is 0 Å². The predicted octanol–water partition coefficient (Wildman–Crippen LogP) is 2.93. The third-order valence-corrected chi connectivity index (χ3v) is 4.74.